The summed E-state index contributed by atoms with van der Waals surface area (Å²) in [6.45, 7) is 3.76. The summed E-state index contributed by atoms with van der Waals surface area (Å²) in [5.41, 5.74) is 2.78. The van der Waals surface area contributed by atoms with E-state index in [0.717, 1.165) is 18.5 Å². The summed E-state index contributed by atoms with van der Waals surface area (Å²) < 4.78 is 7.67. The average molecular weight is 577 g/mol. The van der Waals surface area contributed by atoms with Gasteiger partial charge in [0, 0.05) is 6.92 Å². The van der Waals surface area contributed by atoms with Crippen LogP contribution in [0.1, 0.15) is 23.6 Å². The van der Waals surface area contributed by atoms with Gasteiger partial charge in [-0.1, -0.05) is 29.8 Å². The molecule has 2 N–H and O–H groups in total. The molecule has 7 heteroatoms. The second kappa shape index (κ2) is 9.36. The van der Waals surface area contributed by atoms with Gasteiger partial charge in [0.05, 0.1) is 7.14 Å². The first-order valence-electron chi connectivity index (χ1n) is 7.66. The Morgan fingerprint density at radius 3 is 2.23 bits per heavy atom. The summed E-state index contributed by atoms with van der Waals surface area (Å²) in [5.74, 6) is -0.869. The predicted molar refractivity (Wildman–Crippen MR) is 117 cm³/mol. The van der Waals surface area contributed by atoms with Crippen molar-refractivity contribution in [3.63, 3.8) is 0 Å². The van der Waals surface area contributed by atoms with E-state index in [2.05, 4.69) is 50.5 Å². The van der Waals surface area contributed by atoms with E-state index in [1.807, 2.05) is 43.3 Å². The maximum Gasteiger partial charge on any atom is 0.352 e. The molecule has 0 bridgehead atoms. The van der Waals surface area contributed by atoms with Crippen molar-refractivity contribution in [2.45, 2.75) is 20.5 Å². The zero-order valence-corrected chi connectivity index (χ0v) is 18.5. The third kappa shape index (κ3) is 5.97. The van der Waals surface area contributed by atoms with E-state index < -0.39 is 11.9 Å². The number of benzene rings is 2. The first-order chi connectivity index (χ1) is 12.3. The Labute approximate surface area is 179 Å². The van der Waals surface area contributed by atoms with E-state index in [1.165, 1.54) is 18.6 Å². The van der Waals surface area contributed by atoms with Crippen LogP contribution < -0.4 is 10.1 Å². The van der Waals surface area contributed by atoms with E-state index in [9.17, 15) is 14.7 Å². The molecule has 0 aromatic heterocycles. The van der Waals surface area contributed by atoms with E-state index >= 15 is 0 Å². The first-order valence-corrected chi connectivity index (χ1v) is 9.82. The van der Waals surface area contributed by atoms with Gasteiger partial charge in [-0.15, -0.1) is 0 Å². The number of ether oxygens (including phenoxy) is 1. The van der Waals surface area contributed by atoms with Gasteiger partial charge in [-0.05, 0) is 81.4 Å². The molecule has 1 amide bonds. The van der Waals surface area contributed by atoms with Gasteiger partial charge in [0.25, 0.3) is 0 Å². The standard InChI is InChI=1S/C19H17I2NO4/c1-11-3-5-13(6-4-11)10-26-18-15(20)7-14(8-16(18)21)9-17(19(24)25)22-12(2)23/h3-9H,10H2,1-2H3,(H,22,23)(H,24,25). The van der Waals surface area contributed by atoms with Gasteiger partial charge in [-0.3, -0.25) is 4.79 Å². The number of halogens is 2. The van der Waals surface area contributed by atoms with Crippen LogP contribution in [-0.4, -0.2) is 17.0 Å². The van der Waals surface area contributed by atoms with Crippen LogP contribution >= 0.6 is 45.2 Å². The first kappa shape index (κ1) is 20.7. The largest absolute Gasteiger partial charge is 0.487 e. The van der Waals surface area contributed by atoms with Crippen LogP contribution in [0.3, 0.4) is 0 Å². The number of rotatable bonds is 6. The predicted octanol–water partition coefficient (Wildman–Crippen LogP) is 4.34. The number of carbonyl (C=O) groups is 2. The Hall–Kier alpha value is -1.62. The maximum atomic E-state index is 11.2. The molecule has 0 fully saturated rings. The maximum absolute atomic E-state index is 11.2. The Kier molecular flexibility index (Phi) is 7.44. The number of amides is 1. The van der Waals surface area contributed by atoms with Crippen molar-refractivity contribution in [2.24, 2.45) is 0 Å². The van der Waals surface area contributed by atoms with Crippen molar-refractivity contribution < 1.29 is 19.4 Å². The third-order valence-electron chi connectivity index (χ3n) is 3.38. The second-order valence-electron chi connectivity index (χ2n) is 5.63. The van der Waals surface area contributed by atoms with E-state index in [0.29, 0.717) is 12.2 Å². The molecule has 0 radical (unpaired) electrons. The van der Waals surface area contributed by atoms with Gasteiger partial charge in [-0.25, -0.2) is 4.79 Å². The molecule has 2 aromatic rings. The molecule has 0 spiro atoms. The highest BCUT2D eigenvalue weighted by Crippen LogP contribution is 2.30. The highest BCUT2D eigenvalue weighted by Gasteiger charge is 2.12. The number of carboxylic acid groups (broad SMARTS) is 1. The van der Waals surface area contributed by atoms with E-state index in [-0.39, 0.29) is 5.70 Å². The quantitative estimate of drug-likeness (QED) is 0.396. The number of carboxylic acids is 1. The van der Waals surface area contributed by atoms with Crippen LogP contribution in [0.2, 0.25) is 0 Å². The minimum absolute atomic E-state index is 0.169. The molecule has 26 heavy (non-hydrogen) atoms. The third-order valence-corrected chi connectivity index (χ3v) is 4.98. The lowest BCUT2D eigenvalue weighted by Crippen LogP contribution is -2.24. The van der Waals surface area contributed by atoms with Gasteiger partial charge in [-0.2, -0.15) is 0 Å². The minimum atomic E-state index is -1.19. The van der Waals surface area contributed by atoms with Gasteiger partial charge >= 0.3 is 5.97 Å². The number of nitrogens with one attached hydrogen (secondary N) is 1. The smallest absolute Gasteiger partial charge is 0.352 e. The molecule has 0 aliphatic carbocycles. The molecule has 0 aliphatic rings. The van der Waals surface area contributed by atoms with Crippen LogP contribution in [0.15, 0.2) is 42.1 Å². The summed E-state index contributed by atoms with van der Waals surface area (Å²) >= 11 is 4.31. The normalized spacial score (nSPS) is 11.2. The lowest BCUT2D eigenvalue weighted by Gasteiger charge is -2.12. The molecule has 0 heterocycles. The molecule has 136 valence electrons. The number of hydrogen-bond acceptors (Lipinski definition) is 3. The Morgan fingerprint density at radius 2 is 1.73 bits per heavy atom. The number of hydrogen-bond donors (Lipinski definition) is 2. The summed E-state index contributed by atoms with van der Waals surface area (Å²) in [5, 5.41) is 11.5. The van der Waals surface area contributed by atoms with Crippen molar-refractivity contribution in [1.29, 1.82) is 0 Å². The average Bonchev–Trinajstić information content (AvgIpc) is 2.54. The lowest BCUT2D eigenvalue weighted by molar-refractivity contribution is -0.134. The summed E-state index contributed by atoms with van der Waals surface area (Å²) in [4.78, 5) is 22.4. The van der Waals surface area contributed by atoms with Gasteiger partial charge < -0.3 is 15.2 Å². The highest BCUT2D eigenvalue weighted by molar-refractivity contribution is 14.1. The molecule has 0 saturated heterocycles. The zero-order valence-electron chi connectivity index (χ0n) is 14.2. The van der Waals surface area contributed by atoms with Crippen molar-refractivity contribution in [2.75, 3.05) is 0 Å². The zero-order chi connectivity index (χ0) is 19.3. The molecule has 0 saturated carbocycles. The summed E-state index contributed by atoms with van der Waals surface area (Å²) in [7, 11) is 0. The number of carbonyl (C=O) groups excluding carboxylic acids is 1. The van der Waals surface area contributed by atoms with Gasteiger partial charge in [0.15, 0.2) is 0 Å². The lowest BCUT2D eigenvalue weighted by atomic mass is 10.1. The monoisotopic (exact) mass is 577 g/mol. The Morgan fingerprint density at radius 1 is 1.15 bits per heavy atom. The van der Waals surface area contributed by atoms with E-state index in [4.69, 9.17) is 4.74 Å². The molecular weight excluding hydrogens is 560 g/mol. The molecule has 2 aromatic carbocycles. The van der Waals surface area contributed by atoms with Crippen LogP contribution in [0, 0.1) is 14.1 Å². The number of aliphatic carboxylic acids is 1. The fourth-order valence-corrected chi connectivity index (χ4v) is 4.28. The van der Waals surface area contributed by atoms with Gasteiger partial charge in [0.1, 0.15) is 18.1 Å². The molecule has 0 aliphatic heterocycles. The molecule has 5 nitrogen and oxygen atoms in total. The summed E-state index contributed by atoms with van der Waals surface area (Å²) in [6.07, 6.45) is 1.43. The van der Waals surface area contributed by atoms with Crippen LogP contribution in [0.4, 0.5) is 0 Å². The van der Waals surface area contributed by atoms with Crippen molar-refractivity contribution in [1.82, 2.24) is 5.32 Å². The topological polar surface area (TPSA) is 75.6 Å². The van der Waals surface area contributed by atoms with Crippen molar-refractivity contribution in [3.05, 3.63) is 65.9 Å². The van der Waals surface area contributed by atoms with E-state index in [1.54, 1.807) is 0 Å². The number of aryl methyl sites for hydroxylation is 1. The molecule has 2 rings (SSSR count). The van der Waals surface area contributed by atoms with Crippen molar-refractivity contribution in [3.8, 4) is 5.75 Å². The molecule has 0 atom stereocenters. The Bertz CT molecular complexity index is 837. The SMILES string of the molecule is CC(=O)NC(=Cc1cc(I)c(OCc2ccc(C)cc2)c(I)c1)C(=O)O. The molecular formula is C19H17I2NO4. The summed E-state index contributed by atoms with van der Waals surface area (Å²) in [6, 6.07) is 11.8. The molecule has 0 unspecified atom stereocenters. The highest BCUT2D eigenvalue weighted by atomic mass is 127. The van der Waals surface area contributed by atoms with Crippen LogP contribution in [0.25, 0.3) is 6.08 Å². The fraction of sp³-hybridized carbons (Fsp3) is 0.158. The minimum Gasteiger partial charge on any atom is -0.487 e. The second-order valence-corrected chi connectivity index (χ2v) is 7.96. The fourth-order valence-electron chi connectivity index (χ4n) is 2.15. The Balaban J connectivity index is 2.22. The van der Waals surface area contributed by atoms with Gasteiger partial charge in [0.2, 0.25) is 5.91 Å². The van der Waals surface area contributed by atoms with Crippen LogP contribution in [0.5, 0.6) is 5.75 Å². The van der Waals surface area contributed by atoms with Crippen molar-refractivity contribution >= 4 is 63.1 Å². The van der Waals surface area contributed by atoms with Crippen LogP contribution in [-0.2, 0) is 16.2 Å².